The van der Waals surface area contributed by atoms with Crippen LogP contribution in [-0.4, -0.2) is 22.3 Å². The number of aryl methyl sites for hydroxylation is 1. The normalized spacial score (nSPS) is 10.6. The summed E-state index contributed by atoms with van der Waals surface area (Å²) in [7, 11) is 1.62. The topological polar surface area (TPSA) is 76.8 Å². The van der Waals surface area contributed by atoms with Crippen molar-refractivity contribution in [3.63, 3.8) is 0 Å². The number of methoxy groups -OCH3 is 1. The molecule has 106 valence electrons. The molecule has 21 heavy (non-hydrogen) atoms. The van der Waals surface area contributed by atoms with Gasteiger partial charge in [-0.05, 0) is 25.1 Å². The number of benzene rings is 2. The molecule has 3 rings (SSSR count). The van der Waals surface area contributed by atoms with Crippen molar-refractivity contribution in [1.29, 1.82) is 0 Å². The molecule has 3 N–H and O–H groups in total. The number of nitrogen functional groups attached to an aromatic ring is 1. The van der Waals surface area contributed by atoms with E-state index < -0.39 is 0 Å². The van der Waals surface area contributed by atoms with Crippen molar-refractivity contribution in [2.45, 2.75) is 6.92 Å². The molecule has 0 radical (unpaired) electrons. The van der Waals surface area contributed by atoms with Crippen molar-refractivity contribution >= 4 is 5.69 Å². The number of anilines is 1. The SMILES string of the molecule is COc1ccc(N)cc1-c1nc(-c2ccc(C)cc2)n[nH]1. The van der Waals surface area contributed by atoms with Gasteiger partial charge in [0, 0.05) is 11.3 Å². The van der Waals surface area contributed by atoms with E-state index in [0.29, 0.717) is 23.1 Å². The highest BCUT2D eigenvalue weighted by atomic mass is 16.5. The van der Waals surface area contributed by atoms with E-state index in [1.165, 1.54) is 5.56 Å². The van der Waals surface area contributed by atoms with Crippen molar-refractivity contribution in [2.24, 2.45) is 0 Å². The number of nitrogens with zero attached hydrogens (tertiary/aromatic N) is 2. The molecular weight excluding hydrogens is 264 g/mol. The Morgan fingerprint density at radius 2 is 1.86 bits per heavy atom. The first-order valence-electron chi connectivity index (χ1n) is 6.60. The van der Waals surface area contributed by atoms with Crippen LogP contribution in [0.5, 0.6) is 5.75 Å². The number of hydrogen-bond donors (Lipinski definition) is 2. The highest BCUT2D eigenvalue weighted by Gasteiger charge is 2.12. The van der Waals surface area contributed by atoms with Crippen LogP contribution >= 0.6 is 0 Å². The lowest BCUT2D eigenvalue weighted by molar-refractivity contribution is 0.416. The lowest BCUT2D eigenvalue weighted by atomic mass is 10.1. The number of H-pyrrole nitrogens is 1. The first kappa shape index (κ1) is 13.2. The van der Waals surface area contributed by atoms with Crippen LogP contribution in [0.3, 0.4) is 0 Å². The molecule has 0 saturated carbocycles. The minimum absolute atomic E-state index is 0.634. The average Bonchev–Trinajstić information content (AvgIpc) is 2.97. The van der Waals surface area contributed by atoms with Gasteiger partial charge in [0.15, 0.2) is 11.6 Å². The van der Waals surface area contributed by atoms with Crippen molar-refractivity contribution in [2.75, 3.05) is 12.8 Å². The molecule has 5 nitrogen and oxygen atoms in total. The van der Waals surface area contributed by atoms with Crippen LogP contribution in [0.15, 0.2) is 42.5 Å². The number of ether oxygens (including phenoxy) is 1. The van der Waals surface area contributed by atoms with Crippen LogP contribution in [0.25, 0.3) is 22.8 Å². The molecule has 3 aromatic rings. The minimum Gasteiger partial charge on any atom is -0.496 e. The Kier molecular flexibility index (Phi) is 3.31. The number of nitrogens with two attached hydrogens (primary N) is 1. The predicted molar refractivity (Wildman–Crippen MR) is 83.0 cm³/mol. The summed E-state index contributed by atoms with van der Waals surface area (Å²) in [5, 5.41) is 7.21. The lowest BCUT2D eigenvalue weighted by Crippen LogP contribution is -1.92. The third-order valence-corrected chi connectivity index (χ3v) is 3.27. The Balaban J connectivity index is 2.02. The smallest absolute Gasteiger partial charge is 0.181 e. The molecule has 0 fully saturated rings. The maximum atomic E-state index is 5.84. The van der Waals surface area contributed by atoms with E-state index in [1.54, 1.807) is 13.2 Å². The molecule has 0 aliphatic heterocycles. The summed E-state index contributed by atoms with van der Waals surface area (Å²) in [5.74, 6) is 1.99. The van der Waals surface area contributed by atoms with Crippen molar-refractivity contribution in [3.8, 4) is 28.5 Å². The van der Waals surface area contributed by atoms with Crippen molar-refractivity contribution in [1.82, 2.24) is 15.2 Å². The van der Waals surface area contributed by atoms with E-state index >= 15 is 0 Å². The van der Waals surface area contributed by atoms with E-state index in [1.807, 2.05) is 43.3 Å². The molecule has 0 spiro atoms. The second-order valence-corrected chi connectivity index (χ2v) is 4.83. The first-order chi connectivity index (χ1) is 10.2. The van der Waals surface area contributed by atoms with Gasteiger partial charge < -0.3 is 10.5 Å². The lowest BCUT2D eigenvalue weighted by Gasteiger charge is -2.06. The maximum absolute atomic E-state index is 5.84. The largest absolute Gasteiger partial charge is 0.496 e. The predicted octanol–water partition coefficient (Wildman–Crippen LogP) is 3.04. The number of hydrogen-bond acceptors (Lipinski definition) is 4. The second-order valence-electron chi connectivity index (χ2n) is 4.83. The van der Waals surface area contributed by atoms with E-state index in [2.05, 4.69) is 15.2 Å². The highest BCUT2D eigenvalue weighted by molar-refractivity contribution is 5.70. The zero-order chi connectivity index (χ0) is 14.8. The molecule has 0 unspecified atom stereocenters. The average molecular weight is 280 g/mol. The van der Waals surface area contributed by atoms with Crippen LogP contribution in [0.4, 0.5) is 5.69 Å². The van der Waals surface area contributed by atoms with Gasteiger partial charge in [-0.3, -0.25) is 5.10 Å². The molecule has 0 amide bonds. The van der Waals surface area contributed by atoms with Gasteiger partial charge in [0.2, 0.25) is 0 Å². The van der Waals surface area contributed by atoms with E-state index in [4.69, 9.17) is 10.5 Å². The summed E-state index contributed by atoms with van der Waals surface area (Å²) in [4.78, 5) is 4.53. The molecule has 0 aliphatic rings. The minimum atomic E-state index is 0.634. The summed E-state index contributed by atoms with van der Waals surface area (Å²) in [6.45, 7) is 2.05. The van der Waals surface area contributed by atoms with Crippen molar-refractivity contribution in [3.05, 3.63) is 48.0 Å². The molecule has 0 atom stereocenters. The molecule has 2 aromatic carbocycles. The van der Waals surface area contributed by atoms with Gasteiger partial charge in [0.1, 0.15) is 5.75 Å². The van der Waals surface area contributed by atoms with Crippen molar-refractivity contribution < 1.29 is 4.74 Å². The van der Waals surface area contributed by atoms with Gasteiger partial charge in [-0.15, -0.1) is 0 Å². The Morgan fingerprint density at radius 3 is 2.57 bits per heavy atom. The third kappa shape index (κ3) is 2.58. The summed E-state index contributed by atoms with van der Waals surface area (Å²) < 4.78 is 5.34. The zero-order valence-electron chi connectivity index (χ0n) is 11.9. The monoisotopic (exact) mass is 280 g/mol. The van der Waals surface area contributed by atoms with Crippen LogP contribution in [0.2, 0.25) is 0 Å². The molecule has 0 saturated heterocycles. The molecule has 1 heterocycles. The number of aromatic amines is 1. The van der Waals surface area contributed by atoms with E-state index in [0.717, 1.165) is 11.1 Å². The molecule has 0 aliphatic carbocycles. The Hall–Kier alpha value is -2.82. The molecular formula is C16H16N4O. The first-order valence-corrected chi connectivity index (χ1v) is 6.60. The summed E-state index contributed by atoms with van der Waals surface area (Å²) in [5.41, 5.74) is 9.45. The van der Waals surface area contributed by atoms with E-state index in [-0.39, 0.29) is 0 Å². The maximum Gasteiger partial charge on any atom is 0.181 e. The Morgan fingerprint density at radius 1 is 1.10 bits per heavy atom. The second kappa shape index (κ2) is 5.28. The zero-order valence-corrected chi connectivity index (χ0v) is 11.9. The Labute approximate surface area is 122 Å². The van der Waals surface area contributed by atoms with Gasteiger partial charge >= 0.3 is 0 Å². The fraction of sp³-hybridized carbons (Fsp3) is 0.125. The number of aromatic nitrogens is 3. The third-order valence-electron chi connectivity index (χ3n) is 3.27. The summed E-state index contributed by atoms with van der Waals surface area (Å²) in [6, 6.07) is 13.5. The quantitative estimate of drug-likeness (QED) is 0.723. The molecule has 0 bridgehead atoms. The highest BCUT2D eigenvalue weighted by Crippen LogP contribution is 2.30. The van der Waals surface area contributed by atoms with Gasteiger partial charge in [-0.25, -0.2) is 4.98 Å². The summed E-state index contributed by atoms with van der Waals surface area (Å²) in [6.07, 6.45) is 0. The number of nitrogens with one attached hydrogen (secondary N) is 1. The standard InChI is InChI=1S/C16H16N4O/c1-10-3-5-11(6-4-10)15-18-16(20-19-15)13-9-12(17)7-8-14(13)21-2/h3-9H,17H2,1-2H3,(H,18,19,20). The van der Waals surface area contributed by atoms with Crippen LogP contribution in [-0.2, 0) is 0 Å². The van der Waals surface area contributed by atoms with Crippen LogP contribution < -0.4 is 10.5 Å². The fourth-order valence-electron chi connectivity index (χ4n) is 2.12. The van der Waals surface area contributed by atoms with Gasteiger partial charge in [-0.1, -0.05) is 29.8 Å². The fourth-order valence-corrected chi connectivity index (χ4v) is 2.12. The van der Waals surface area contributed by atoms with Gasteiger partial charge in [0.25, 0.3) is 0 Å². The van der Waals surface area contributed by atoms with Gasteiger partial charge in [-0.2, -0.15) is 5.10 Å². The molecule has 1 aromatic heterocycles. The van der Waals surface area contributed by atoms with Crippen LogP contribution in [0, 0.1) is 6.92 Å². The summed E-state index contributed by atoms with van der Waals surface area (Å²) >= 11 is 0. The van der Waals surface area contributed by atoms with Crippen LogP contribution in [0.1, 0.15) is 5.56 Å². The molecule has 5 heteroatoms. The van der Waals surface area contributed by atoms with E-state index in [9.17, 15) is 0 Å². The number of rotatable bonds is 3. The Bertz CT molecular complexity index is 762. The van der Waals surface area contributed by atoms with Gasteiger partial charge in [0.05, 0.1) is 12.7 Å².